The van der Waals surface area contributed by atoms with Gasteiger partial charge in [-0.25, -0.2) is 4.68 Å². The molecule has 0 radical (unpaired) electrons. The van der Waals surface area contributed by atoms with E-state index in [-0.39, 0.29) is 24.4 Å². The summed E-state index contributed by atoms with van der Waals surface area (Å²) >= 11 is 0. The summed E-state index contributed by atoms with van der Waals surface area (Å²) in [6, 6.07) is 6.90. The smallest absolute Gasteiger partial charge is 0.308 e. The van der Waals surface area contributed by atoms with Crippen molar-refractivity contribution in [1.82, 2.24) is 19.9 Å². The lowest BCUT2D eigenvalue weighted by Crippen LogP contribution is -2.44. The van der Waals surface area contributed by atoms with E-state index in [9.17, 15) is 14.4 Å². The number of benzene rings is 1. The minimum atomic E-state index is -0.828. The molecule has 1 aliphatic rings. The molecule has 1 aromatic heterocycles. The zero-order valence-electron chi connectivity index (χ0n) is 15.6. The standard InChI is InChI=1S/C19H24N4O4/c1-13-7-10-22(11-8-13)18(25)14(2)27-17(24)9-12-23-19(26)15-5-3-4-6-16(15)20-21-23/h3-6,13-14H,7-12H2,1-2H3/t14-/m0/s1. The summed E-state index contributed by atoms with van der Waals surface area (Å²) in [6.07, 6.45) is 1.05. The van der Waals surface area contributed by atoms with Crippen LogP contribution >= 0.6 is 0 Å². The lowest BCUT2D eigenvalue weighted by atomic mass is 9.99. The molecule has 0 bridgehead atoms. The van der Waals surface area contributed by atoms with Crippen LogP contribution in [-0.2, 0) is 20.9 Å². The molecule has 1 amide bonds. The number of nitrogens with zero attached hydrogens (tertiary/aromatic N) is 4. The van der Waals surface area contributed by atoms with Crippen LogP contribution in [0.25, 0.3) is 10.9 Å². The van der Waals surface area contributed by atoms with Crippen LogP contribution in [0.2, 0.25) is 0 Å². The number of aromatic nitrogens is 3. The van der Waals surface area contributed by atoms with Gasteiger partial charge in [-0.3, -0.25) is 14.4 Å². The van der Waals surface area contributed by atoms with Crippen molar-refractivity contribution in [3.63, 3.8) is 0 Å². The van der Waals surface area contributed by atoms with Crippen molar-refractivity contribution >= 4 is 22.8 Å². The Balaban J connectivity index is 1.54. The molecule has 1 fully saturated rings. The first kappa shape index (κ1) is 19.0. The molecule has 0 unspecified atom stereocenters. The summed E-state index contributed by atoms with van der Waals surface area (Å²) in [5, 5.41) is 8.27. The van der Waals surface area contributed by atoms with Gasteiger partial charge in [-0.2, -0.15) is 0 Å². The first-order valence-corrected chi connectivity index (χ1v) is 9.26. The highest BCUT2D eigenvalue weighted by atomic mass is 16.5. The van der Waals surface area contributed by atoms with Crippen LogP contribution in [0.15, 0.2) is 29.1 Å². The Bertz CT molecular complexity index is 887. The number of carbonyl (C=O) groups excluding carboxylic acids is 2. The third kappa shape index (κ3) is 4.50. The number of aryl methyl sites for hydroxylation is 1. The van der Waals surface area contributed by atoms with Gasteiger partial charge >= 0.3 is 5.97 Å². The topological polar surface area (TPSA) is 94.4 Å². The number of amides is 1. The molecule has 1 aromatic carbocycles. The highest BCUT2D eigenvalue weighted by Gasteiger charge is 2.26. The van der Waals surface area contributed by atoms with Crippen LogP contribution in [0, 0.1) is 5.92 Å². The van der Waals surface area contributed by atoms with Crippen molar-refractivity contribution in [2.45, 2.75) is 45.8 Å². The number of fused-ring (bicyclic) bond motifs is 1. The minimum absolute atomic E-state index is 0.0532. The molecule has 0 N–H and O–H groups in total. The molecule has 1 saturated heterocycles. The van der Waals surface area contributed by atoms with E-state index in [2.05, 4.69) is 17.2 Å². The molecule has 2 heterocycles. The zero-order chi connectivity index (χ0) is 19.4. The van der Waals surface area contributed by atoms with Crippen molar-refractivity contribution in [3.8, 4) is 0 Å². The van der Waals surface area contributed by atoms with Crippen molar-refractivity contribution in [1.29, 1.82) is 0 Å². The Morgan fingerprint density at radius 1 is 1.26 bits per heavy atom. The number of carbonyl (C=O) groups is 2. The predicted molar refractivity (Wildman–Crippen MR) is 98.9 cm³/mol. The van der Waals surface area contributed by atoms with Crippen molar-refractivity contribution < 1.29 is 14.3 Å². The number of ether oxygens (including phenoxy) is 1. The van der Waals surface area contributed by atoms with Crippen molar-refractivity contribution in [2.24, 2.45) is 5.92 Å². The van der Waals surface area contributed by atoms with Gasteiger partial charge in [-0.15, -0.1) is 5.10 Å². The fourth-order valence-corrected chi connectivity index (χ4v) is 3.16. The van der Waals surface area contributed by atoms with Gasteiger partial charge in [0.05, 0.1) is 18.4 Å². The van der Waals surface area contributed by atoms with E-state index in [0.717, 1.165) is 17.5 Å². The van der Waals surface area contributed by atoms with E-state index in [0.29, 0.717) is 29.9 Å². The average Bonchev–Trinajstić information content (AvgIpc) is 2.67. The fraction of sp³-hybridized carbons (Fsp3) is 0.526. The molecule has 2 aromatic rings. The molecule has 0 spiro atoms. The summed E-state index contributed by atoms with van der Waals surface area (Å²) in [6.45, 7) is 5.20. The maximum Gasteiger partial charge on any atom is 0.308 e. The summed E-state index contributed by atoms with van der Waals surface area (Å²) in [5.74, 6) is -0.0886. The number of likely N-dealkylation sites (tertiary alicyclic amines) is 1. The van der Waals surface area contributed by atoms with Gasteiger partial charge in [0, 0.05) is 13.1 Å². The molecule has 144 valence electrons. The van der Waals surface area contributed by atoms with Gasteiger partial charge in [-0.05, 0) is 37.8 Å². The Morgan fingerprint density at radius 2 is 1.96 bits per heavy atom. The zero-order valence-corrected chi connectivity index (χ0v) is 15.6. The van der Waals surface area contributed by atoms with Crippen LogP contribution in [0.5, 0.6) is 0 Å². The molecule has 27 heavy (non-hydrogen) atoms. The second-order valence-corrected chi connectivity index (χ2v) is 7.02. The van der Waals surface area contributed by atoms with E-state index in [1.54, 1.807) is 36.1 Å². The number of rotatable bonds is 5. The normalized spacial score (nSPS) is 16.3. The Hall–Kier alpha value is -2.77. The Labute approximate surface area is 157 Å². The van der Waals surface area contributed by atoms with Crippen molar-refractivity contribution in [3.05, 3.63) is 34.6 Å². The second kappa shape index (κ2) is 8.28. The summed E-state index contributed by atoms with van der Waals surface area (Å²) in [7, 11) is 0. The van der Waals surface area contributed by atoms with Crippen LogP contribution in [-0.4, -0.2) is 51.0 Å². The molecule has 1 atom stereocenters. The van der Waals surface area contributed by atoms with Gasteiger partial charge < -0.3 is 9.64 Å². The Kier molecular flexibility index (Phi) is 5.83. The van der Waals surface area contributed by atoms with Crippen LogP contribution in [0.3, 0.4) is 0 Å². The molecule has 8 nitrogen and oxygen atoms in total. The summed E-state index contributed by atoms with van der Waals surface area (Å²) in [5.41, 5.74) is 0.205. The van der Waals surface area contributed by atoms with Crippen LogP contribution in [0.4, 0.5) is 0 Å². The van der Waals surface area contributed by atoms with Crippen LogP contribution in [0.1, 0.15) is 33.1 Å². The number of hydrogen-bond donors (Lipinski definition) is 0. The largest absolute Gasteiger partial charge is 0.452 e. The van der Waals surface area contributed by atoms with E-state index in [1.165, 1.54) is 0 Å². The molecule has 1 aliphatic heterocycles. The fourth-order valence-electron chi connectivity index (χ4n) is 3.16. The quantitative estimate of drug-likeness (QED) is 0.736. The molecule has 3 rings (SSSR count). The number of piperidine rings is 1. The first-order chi connectivity index (χ1) is 13.0. The predicted octanol–water partition coefficient (Wildman–Crippen LogP) is 1.37. The molecule has 0 aliphatic carbocycles. The van der Waals surface area contributed by atoms with Gasteiger partial charge in [0.25, 0.3) is 11.5 Å². The third-order valence-corrected chi connectivity index (χ3v) is 4.91. The SMILES string of the molecule is CC1CCN(C(=O)[C@H](C)OC(=O)CCn2nnc3ccccc3c2=O)CC1. The first-order valence-electron chi connectivity index (χ1n) is 9.26. The Morgan fingerprint density at radius 3 is 2.70 bits per heavy atom. The maximum atomic E-state index is 12.4. The van der Waals surface area contributed by atoms with E-state index in [1.807, 2.05) is 0 Å². The van der Waals surface area contributed by atoms with Gasteiger partial charge in [0.1, 0.15) is 5.52 Å². The maximum absolute atomic E-state index is 12.4. The number of hydrogen-bond acceptors (Lipinski definition) is 6. The summed E-state index contributed by atoms with van der Waals surface area (Å²) in [4.78, 5) is 38.6. The van der Waals surface area contributed by atoms with E-state index in [4.69, 9.17) is 4.74 Å². The molecule has 8 heteroatoms. The summed E-state index contributed by atoms with van der Waals surface area (Å²) < 4.78 is 6.39. The van der Waals surface area contributed by atoms with E-state index >= 15 is 0 Å². The lowest BCUT2D eigenvalue weighted by molar-refractivity contribution is -0.160. The molecular weight excluding hydrogens is 348 g/mol. The third-order valence-electron chi connectivity index (χ3n) is 4.91. The number of esters is 1. The highest BCUT2D eigenvalue weighted by Crippen LogP contribution is 2.17. The average molecular weight is 372 g/mol. The molecular formula is C19H24N4O4. The minimum Gasteiger partial charge on any atom is -0.452 e. The highest BCUT2D eigenvalue weighted by molar-refractivity contribution is 5.83. The van der Waals surface area contributed by atoms with Gasteiger partial charge in [0.15, 0.2) is 6.10 Å². The van der Waals surface area contributed by atoms with Crippen molar-refractivity contribution in [2.75, 3.05) is 13.1 Å². The monoisotopic (exact) mass is 372 g/mol. The lowest BCUT2D eigenvalue weighted by Gasteiger charge is -2.31. The van der Waals surface area contributed by atoms with Gasteiger partial charge in [-0.1, -0.05) is 24.3 Å². The van der Waals surface area contributed by atoms with Crippen LogP contribution < -0.4 is 5.56 Å². The van der Waals surface area contributed by atoms with E-state index < -0.39 is 12.1 Å². The second-order valence-electron chi connectivity index (χ2n) is 7.02. The molecule has 0 saturated carbocycles. The van der Waals surface area contributed by atoms with Gasteiger partial charge in [0.2, 0.25) is 0 Å².